The zero-order valence-electron chi connectivity index (χ0n) is 31.1. The Morgan fingerprint density at radius 3 is 0.630 bits per heavy atom. The molecule has 0 rings (SSSR count). The quantitative estimate of drug-likeness (QED) is 0.0228. The molecule has 0 aromatic heterocycles. The maximum absolute atomic E-state index is 10.3. The second kappa shape index (κ2) is 53.3. The van der Waals surface area contributed by atoms with Crippen LogP contribution in [0.5, 0.6) is 0 Å². The van der Waals surface area contributed by atoms with E-state index in [9.17, 15) is 9.59 Å². The van der Waals surface area contributed by atoms with Gasteiger partial charge in [0, 0.05) is 25.9 Å². The summed E-state index contributed by atoms with van der Waals surface area (Å²) in [4.78, 5) is 20.7. The molecule has 0 unspecified atom stereocenters. The van der Waals surface area contributed by atoms with E-state index in [1.54, 1.807) is 0 Å². The van der Waals surface area contributed by atoms with Crippen LogP contribution in [0.2, 0.25) is 0 Å². The van der Waals surface area contributed by atoms with Crippen LogP contribution >= 0.6 is 0 Å². The maximum Gasteiger partial charge on any atom is 0.303 e. The number of unbranched alkanes of at least 4 members (excludes halogenated alkanes) is 28. The average Bonchev–Trinajstić information content (AvgIpc) is 3.05. The average molecular weight is 661 g/mol. The first-order valence-corrected chi connectivity index (χ1v) is 19.6. The Morgan fingerprint density at radius 1 is 0.348 bits per heavy atom. The molecule has 0 aliphatic heterocycles. The number of carboxylic acids is 2. The lowest BCUT2D eigenvalue weighted by Crippen LogP contribution is -2.11. The van der Waals surface area contributed by atoms with Crippen molar-refractivity contribution in [1.82, 2.24) is 0 Å². The number of hydrogen-bond donors (Lipinski definition) is 6. The van der Waals surface area contributed by atoms with Gasteiger partial charge < -0.3 is 21.7 Å². The van der Waals surface area contributed by atoms with Gasteiger partial charge in [-0.2, -0.15) is 0 Å². The zero-order chi connectivity index (χ0) is 35.2. The smallest absolute Gasteiger partial charge is 0.303 e. The van der Waals surface area contributed by atoms with Crippen molar-refractivity contribution in [3.8, 4) is 0 Å². The molecule has 0 aliphatic rings. The molecule has 8 nitrogen and oxygen atoms in total. The highest BCUT2D eigenvalue weighted by Gasteiger charge is 1.98. The fraction of sp³-hybridized carbons (Fsp3) is 0.947. The Bertz CT molecular complexity index is 493. The molecule has 46 heavy (non-hydrogen) atoms. The molecule has 280 valence electrons. The van der Waals surface area contributed by atoms with Crippen LogP contribution in [0.3, 0.4) is 0 Å². The van der Waals surface area contributed by atoms with E-state index < -0.39 is 11.9 Å². The normalized spacial score (nSPS) is 10.2. The van der Waals surface area contributed by atoms with Crippen molar-refractivity contribution >= 4 is 11.9 Å². The second-order valence-corrected chi connectivity index (χ2v) is 12.8. The van der Waals surface area contributed by atoms with Crippen molar-refractivity contribution in [2.75, 3.05) is 13.1 Å². The highest BCUT2D eigenvalue weighted by molar-refractivity contribution is 5.66. The van der Waals surface area contributed by atoms with Crippen molar-refractivity contribution in [1.29, 1.82) is 0 Å². The molecular weight excluding hydrogens is 576 g/mol. The molecule has 0 aromatic rings. The number of hydrogen-bond acceptors (Lipinski definition) is 6. The van der Waals surface area contributed by atoms with Gasteiger partial charge in [0.25, 0.3) is 0 Å². The van der Waals surface area contributed by atoms with Crippen LogP contribution in [0.25, 0.3) is 0 Å². The summed E-state index contributed by atoms with van der Waals surface area (Å²) in [5.41, 5.74) is 9.81. The summed E-state index contributed by atoms with van der Waals surface area (Å²) in [5, 5.41) is 17.0. The zero-order valence-corrected chi connectivity index (χ0v) is 31.1. The van der Waals surface area contributed by atoms with Crippen LogP contribution in [0.1, 0.15) is 219 Å². The van der Waals surface area contributed by atoms with E-state index in [1.165, 1.54) is 167 Å². The first-order chi connectivity index (χ1) is 22.5. The molecule has 0 aliphatic carbocycles. The maximum atomic E-state index is 10.3. The van der Waals surface area contributed by atoms with Gasteiger partial charge in [0.15, 0.2) is 0 Å². The number of aliphatic carboxylic acids is 2. The summed E-state index contributed by atoms with van der Waals surface area (Å²) >= 11 is 0. The van der Waals surface area contributed by atoms with Gasteiger partial charge in [-0.05, 0) is 12.8 Å². The standard InChI is InChI=1S/2C18H36O2.C2H8N2.H4N2/c2*1-2-3-4-5-6-7-8-9-10-11-12-13-14-15-16-17-18(19)20;3-1-2-4;1-2/h2*2-17H2,1H3,(H,19,20);1-4H2;1-2H2. The number of nitrogens with two attached hydrogens (primary N) is 4. The Hall–Kier alpha value is -1.22. The monoisotopic (exact) mass is 661 g/mol. The third-order valence-electron chi connectivity index (χ3n) is 8.16. The largest absolute Gasteiger partial charge is 0.481 e. The molecule has 0 saturated carbocycles. The minimum absolute atomic E-state index is 0.345. The molecule has 0 radical (unpaired) electrons. The van der Waals surface area contributed by atoms with Gasteiger partial charge in [0.2, 0.25) is 0 Å². The second-order valence-electron chi connectivity index (χ2n) is 12.8. The first kappa shape index (κ1) is 51.6. The van der Waals surface area contributed by atoms with Gasteiger partial charge in [-0.1, -0.05) is 194 Å². The van der Waals surface area contributed by atoms with Crippen LogP contribution in [0.4, 0.5) is 0 Å². The van der Waals surface area contributed by atoms with Crippen molar-refractivity contribution in [2.24, 2.45) is 23.2 Å². The van der Waals surface area contributed by atoms with E-state index in [2.05, 4.69) is 25.5 Å². The molecular formula is C38H84N4O4. The van der Waals surface area contributed by atoms with Gasteiger partial charge in [-0.25, -0.2) is 0 Å². The number of rotatable bonds is 33. The van der Waals surface area contributed by atoms with Crippen LogP contribution < -0.4 is 23.2 Å². The summed E-state index contributed by atoms with van der Waals surface area (Å²) in [6.45, 7) is 5.73. The van der Waals surface area contributed by atoms with E-state index >= 15 is 0 Å². The fourth-order valence-corrected chi connectivity index (χ4v) is 5.30. The number of hydrazine groups is 1. The lowest BCUT2D eigenvalue weighted by molar-refractivity contribution is -0.138. The third-order valence-corrected chi connectivity index (χ3v) is 8.16. The molecule has 0 aromatic carbocycles. The van der Waals surface area contributed by atoms with Crippen molar-refractivity contribution in [2.45, 2.75) is 219 Å². The fourth-order valence-electron chi connectivity index (χ4n) is 5.30. The molecule has 0 bridgehead atoms. The van der Waals surface area contributed by atoms with Crippen LogP contribution in [-0.4, -0.2) is 35.2 Å². The molecule has 0 saturated heterocycles. The van der Waals surface area contributed by atoms with E-state index in [-0.39, 0.29) is 0 Å². The molecule has 0 spiro atoms. The summed E-state index contributed by atoms with van der Waals surface area (Å²) < 4.78 is 0. The molecule has 8 heteroatoms. The van der Waals surface area contributed by atoms with Gasteiger partial charge in [0.05, 0.1) is 0 Å². The summed E-state index contributed by atoms with van der Waals surface area (Å²) in [5.74, 6) is 6.69. The minimum Gasteiger partial charge on any atom is -0.481 e. The third kappa shape index (κ3) is 65.4. The number of carboxylic acid groups (broad SMARTS) is 2. The highest BCUT2D eigenvalue weighted by Crippen LogP contribution is 2.15. The topological polar surface area (TPSA) is 179 Å². The predicted molar refractivity (Wildman–Crippen MR) is 201 cm³/mol. The molecule has 0 atom stereocenters. The van der Waals surface area contributed by atoms with Crippen LogP contribution in [0.15, 0.2) is 0 Å². The lowest BCUT2D eigenvalue weighted by Gasteiger charge is -2.03. The van der Waals surface area contributed by atoms with E-state index in [0.29, 0.717) is 25.9 Å². The predicted octanol–water partition coefficient (Wildman–Crippen LogP) is 10.4. The van der Waals surface area contributed by atoms with Crippen LogP contribution in [-0.2, 0) is 9.59 Å². The van der Waals surface area contributed by atoms with E-state index in [1.807, 2.05) is 0 Å². The van der Waals surface area contributed by atoms with E-state index in [4.69, 9.17) is 21.7 Å². The molecule has 0 fully saturated rings. The molecule has 0 amide bonds. The van der Waals surface area contributed by atoms with Gasteiger partial charge >= 0.3 is 11.9 Å². The molecule has 10 N–H and O–H groups in total. The Kier molecular flexibility index (Phi) is 59.8. The lowest BCUT2D eigenvalue weighted by atomic mass is 10.0. The SMILES string of the molecule is CCCCCCCCCCCCCCCCCC(=O)O.CCCCCCCCCCCCCCCCCC(=O)O.NCCN.NN. The Morgan fingerprint density at radius 2 is 0.500 bits per heavy atom. The Labute approximate surface area is 287 Å². The van der Waals surface area contributed by atoms with Gasteiger partial charge in [-0.3, -0.25) is 21.3 Å². The van der Waals surface area contributed by atoms with Crippen molar-refractivity contribution < 1.29 is 19.8 Å². The molecule has 0 heterocycles. The van der Waals surface area contributed by atoms with E-state index in [0.717, 1.165) is 25.7 Å². The Balaban J connectivity index is -0.000000327. The van der Waals surface area contributed by atoms with Gasteiger partial charge in [-0.15, -0.1) is 0 Å². The summed E-state index contributed by atoms with van der Waals surface area (Å²) in [6, 6.07) is 0. The van der Waals surface area contributed by atoms with Crippen molar-refractivity contribution in [3.63, 3.8) is 0 Å². The first-order valence-electron chi connectivity index (χ1n) is 19.6. The summed E-state index contributed by atoms with van der Waals surface area (Å²) in [6.07, 6.45) is 40.4. The number of carbonyl (C=O) groups is 2. The minimum atomic E-state index is -0.653. The highest BCUT2D eigenvalue weighted by atomic mass is 16.4. The van der Waals surface area contributed by atoms with Crippen LogP contribution in [0, 0.1) is 0 Å². The van der Waals surface area contributed by atoms with Crippen molar-refractivity contribution in [3.05, 3.63) is 0 Å². The summed E-state index contributed by atoms with van der Waals surface area (Å²) in [7, 11) is 0. The van der Waals surface area contributed by atoms with Gasteiger partial charge in [0.1, 0.15) is 0 Å².